The molecule has 0 spiro atoms. The van der Waals surface area contributed by atoms with E-state index in [0.717, 1.165) is 0 Å². The summed E-state index contributed by atoms with van der Waals surface area (Å²) in [7, 11) is -3.85. The zero-order chi connectivity index (χ0) is 15.2. The fourth-order valence-corrected chi connectivity index (χ4v) is 13.2. The van der Waals surface area contributed by atoms with Crippen molar-refractivity contribution >= 4 is 39.8 Å². The SMILES string of the molecule is Cc1ccc([Si](C)(C)C)c([Si](C)(C)C)c1[Si](C)(C)C. The highest BCUT2D eigenvalue weighted by molar-refractivity contribution is 7.04. The maximum Gasteiger partial charge on any atom is 0.0777 e. The molecule has 0 unspecified atom stereocenters. The average molecular weight is 309 g/mol. The van der Waals surface area contributed by atoms with Crippen LogP contribution in [0.1, 0.15) is 5.56 Å². The van der Waals surface area contributed by atoms with Crippen LogP contribution in [0.4, 0.5) is 0 Å². The Balaban J connectivity index is 3.82. The van der Waals surface area contributed by atoms with E-state index >= 15 is 0 Å². The van der Waals surface area contributed by atoms with Gasteiger partial charge in [-0.3, -0.25) is 0 Å². The summed E-state index contributed by atoms with van der Waals surface area (Å²) in [6.45, 7) is 24.9. The summed E-state index contributed by atoms with van der Waals surface area (Å²) in [5, 5.41) is 5.31. The normalized spacial score (nSPS) is 13.8. The van der Waals surface area contributed by atoms with Crippen molar-refractivity contribution in [3.8, 4) is 0 Å². The Kier molecular flexibility index (Phi) is 4.46. The lowest BCUT2D eigenvalue weighted by molar-refractivity contribution is 1.50. The molecule has 0 radical (unpaired) electrons. The number of benzene rings is 1. The largest absolute Gasteiger partial charge is 0.0777 e. The van der Waals surface area contributed by atoms with Crippen molar-refractivity contribution in [1.29, 1.82) is 0 Å². The molecule has 19 heavy (non-hydrogen) atoms. The summed E-state index contributed by atoms with van der Waals surface area (Å²) in [4.78, 5) is 0. The van der Waals surface area contributed by atoms with Crippen molar-refractivity contribution in [1.82, 2.24) is 0 Å². The van der Waals surface area contributed by atoms with E-state index in [4.69, 9.17) is 0 Å². The van der Waals surface area contributed by atoms with E-state index < -0.39 is 24.2 Å². The monoisotopic (exact) mass is 308 g/mol. The van der Waals surface area contributed by atoms with E-state index in [1.807, 2.05) is 5.19 Å². The van der Waals surface area contributed by atoms with Crippen LogP contribution in [0.2, 0.25) is 58.9 Å². The first-order chi connectivity index (χ1) is 8.26. The van der Waals surface area contributed by atoms with E-state index in [9.17, 15) is 0 Å². The highest BCUT2D eigenvalue weighted by atomic mass is 28.3. The molecule has 3 heteroatoms. The van der Waals surface area contributed by atoms with E-state index in [1.165, 1.54) is 0 Å². The first kappa shape index (κ1) is 16.9. The summed E-state index contributed by atoms with van der Waals surface area (Å²) < 4.78 is 0. The average Bonchev–Trinajstić information content (AvgIpc) is 2.11. The number of aryl methyl sites for hydroxylation is 1. The fraction of sp³-hybridized carbons (Fsp3) is 0.625. The molecule has 1 aromatic carbocycles. The molecular formula is C16H32Si3. The topological polar surface area (TPSA) is 0 Å². The van der Waals surface area contributed by atoms with Gasteiger partial charge in [0.2, 0.25) is 0 Å². The van der Waals surface area contributed by atoms with Crippen LogP contribution in [0.25, 0.3) is 0 Å². The lowest BCUT2D eigenvalue weighted by atomic mass is 10.2. The Bertz CT molecular complexity index is 468. The van der Waals surface area contributed by atoms with Crippen LogP contribution in [-0.4, -0.2) is 24.2 Å². The summed E-state index contributed by atoms with van der Waals surface area (Å²) in [6, 6.07) is 4.85. The van der Waals surface area contributed by atoms with Gasteiger partial charge in [0.25, 0.3) is 0 Å². The number of hydrogen-bond acceptors (Lipinski definition) is 0. The fourth-order valence-electron chi connectivity index (χ4n) is 3.08. The first-order valence-corrected chi connectivity index (χ1v) is 17.9. The zero-order valence-electron chi connectivity index (χ0n) is 14.7. The van der Waals surface area contributed by atoms with Crippen molar-refractivity contribution in [2.75, 3.05) is 0 Å². The Labute approximate surface area is 123 Å². The molecule has 0 nitrogen and oxygen atoms in total. The summed E-state index contributed by atoms with van der Waals surface area (Å²) in [6.07, 6.45) is 0. The molecule has 0 aliphatic heterocycles. The summed E-state index contributed by atoms with van der Waals surface area (Å²) >= 11 is 0. The van der Waals surface area contributed by atoms with Crippen LogP contribution in [0.3, 0.4) is 0 Å². The molecule has 0 saturated carbocycles. The van der Waals surface area contributed by atoms with E-state index in [2.05, 4.69) is 78.0 Å². The van der Waals surface area contributed by atoms with Gasteiger partial charge < -0.3 is 0 Å². The van der Waals surface area contributed by atoms with Gasteiger partial charge in [0.1, 0.15) is 0 Å². The van der Waals surface area contributed by atoms with Gasteiger partial charge in [-0.2, -0.15) is 0 Å². The lowest BCUT2D eigenvalue weighted by Gasteiger charge is -2.35. The van der Waals surface area contributed by atoms with Crippen molar-refractivity contribution in [2.45, 2.75) is 65.8 Å². The minimum Gasteiger partial charge on any atom is -0.0656 e. The van der Waals surface area contributed by atoms with Crippen molar-refractivity contribution < 1.29 is 0 Å². The molecular weight excluding hydrogens is 276 g/mol. The van der Waals surface area contributed by atoms with Crippen LogP contribution < -0.4 is 15.6 Å². The van der Waals surface area contributed by atoms with Gasteiger partial charge in [-0.25, -0.2) is 0 Å². The quantitative estimate of drug-likeness (QED) is 0.748. The van der Waals surface area contributed by atoms with Gasteiger partial charge >= 0.3 is 0 Å². The molecule has 0 N–H and O–H groups in total. The second-order valence-electron chi connectivity index (χ2n) is 8.93. The van der Waals surface area contributed by atoms with Gasteiger partial charge in [0.15, 0.2) is 0 Å². The highest BCUT2D eigenvalue weighted by Crippen LogP contribution is 2.12. The smallest absolute Gasteiger partial charge is 0.0656 e. The summed E-state index contributed by atoms with van der Waals surface area (Å²) in [5.41, 5.74) is 1.54. The second kappa shape index (κ2) is 5.01. The Morgan fingerprint density at radius 1 is 0.579 bits per heavy atom. The van der Waals surface area contributed by atoms with E-state index in [0.29, 0.717) is 0 Å². The standard InChI is InChI=1S/C16H32Si3/c1-13-11-12-14(17(2,3)4)16(19(8,9)10)15(13)18(5,6)7/h11-12H,1-10H3. The minimum atomic E-state index is -1.30. The lowest BCUT2D eigenvalue weighted by Crippen LogP contribution is -2.67. The third kappa shape index (κ3) is 3.70. The van der Waals surface area contributed by atoms with Gasteiger partial charge in [0, 0.05) is 0 Å². The minimum absolute atomic E-state index is 1.26. The molecule has 0 amide bonds. The molecule has 0 heterocycles. The molecule has 1 rings (SSSR count). The first-order valence-electron chi connectivity index (χ1n) is 7.41. The van der Waals surface area contributed by atoms with Crippen LogP contribution in [0.15, 0.2) is 12.1 Å². The predicted octanol–water partition coefficient (Wildman–Crippen LogP) is 3.63. The molecule has 0 atom stereocenters. The maximum absolute atomic E-state index is 2.52. The predicted molar refractivity (Wildman–Crippen MR) is 100 cm³/mol. The molecule has 0 aliphatic carbocycles. The molecule has 0 fully saturated rings. The van der Waals surface area contributed by atoms with Gasteiger partial charge in [-0.15, -0.1) is 0 Å². The molecule has 0 bridgehead atoms. The Morgan fingerprint density at radius 2 is 1.00 bits per heavy atom. The third-order valence-electron chi connectivity index (χ3n) is 3.72. The van der Waals surface area contributed by atoms with Gasteiger partial charge in [-0.05, 0) is 6.92 Å². The zero-order valence-corrected chi connectivity index (χ0v) is 17.7. The van der Waals surface area contributed by atoms with E-state index in [1.54, 1.807) is 15.9 Å². The molecule has 0 saturated heterocycles. The van der Waals surface area contributed by atoms with Crippen molar-refractivity contribution in [3.63, 3.8) is 0 Å². The van der Waals surface area contributed by atoms with Crippen LogP contribution in [-0.2, 0) is 0 Å². The van der Waals surface area contributed by atoms with Crippen LogP contribution in [0.5, 0.6) is 0 Å². The molecule has 0 aliphatic rings. The molecule has 0 aromatic heterocycles. The van der Waals surface area contributed by atoms with Gasteiger partial charge in [0.05, 0.1) is 24.2 Å². The molecule has 1 aromatic rings. The third-order valence-corrected chi connectivity index (χ3v) is 10.4. The Hall–Kier alpha value is -0.129. The van der Waals surface area contributed by atoms with Crippen molar-refractivity contribution in [2.24, 2.45) is 0 Å². The van der Waals surface area contributed by atoms with Gasteiger partial charge in [-0.1, -0.05) is 92.2 Å². The van der Waals surface area contributed by atoms with Crippen LogP contribution >= 0.6 is 0 Å². The van der Waals surface area contributed by atoms with E-state index in [-0.39, 0.29) is 0 Å². The number of rotatable bonds is 3. The summed E-state index contributed by atoms with van der Waals surface area (Å²) in [5.74, 6) is 0. The number of hydrogen-bond donors (Lipinski definition) is 0. The highest BCUT2D eigenvalue weighted by Gasteiger charge is 2.34. The Morgan fingerprint density at radius 3 is 1.32 bits per heavy atom. The van der Waals surface area contributed by atoms with Crippen molar-refractivity contribution in [3.05, 3.63) is 17.7 Å². The molecule has 108 valence electrons. The second-order valence-corrected chi connectivity index (χ2v) is 24.0. The maximum atomic E-state index is 2.52. The van der Waals surface area contributed by atoms with Crippen LogP contribution in [0, 0.1) is 6.92 Å².